The van der Waals surface area contributed by atoms with Crippen molar-refractivity contribution in [1.82, 2.24) is 0 Å². The Morgan fingerprint density at radius 3 is 2.50 bits per heavy atom. The molecule has 3 atom stereocenters. The van der Waals surface area contributed by atoms with Gasteiger partial charge in [-0.1, -0.05) is 50.7 Å². The van der Waals surface area contributed by atoms with Gasteiger partial charge in [-0.3, -0.25) is 0 Å². The molecule has 1 N–H and O–H groups in total. The first-order chi connectivity index (χ1) is 11.0. The van der Waals surface area contributed by atoms with E-state index in [1.165, 1.54) is 11.1 Å². The fourth-order valence-electron chi connectivity index (χ4n) is 3.12. The van der Waals surface area contributed by atoms with E-state index in [4.69, 9.17) is 16.0 Å². The van der Waals surface area contributed by atoms with Crippen LogP contribution in [-0.4, -0.2) is 26.1 Å². The van der Waals surface area contributed by atoms with E-state index in [1.54, 1.807) is 0 Å². The minimum absolute atomic E-state index is 0.124. The second kappa shape index (κ2) is 8.39. The van der Waals surface area contributed by atoms with Crippen LogP contribution in [0.5, 0.6) is 0 Å². The number of hydrogen-bond donors (Lipinski definition) is 1. The number of hydrogen-bond acceptors (Lipinski definition) is 2. The van der Waals surface area contributed by atoms with E-state index >= 15 is 0 Å². The first-order valence-corrected chi connectivity index (χ1v) is 11.8. The molecule has 0 aromatic carbocycles. The van der Waals surface area contributed by atoms with E-state index in [0.29, 0.717) is 5.92 Å². The number of rotatable bonds is 5. The van der Waals surface area contributed by atoms with Crippen LogP contribution < -0.4 is 0 Å². The second-order valence-electron chi connectivity index (χ2n) is 8.47. The van der Waals surface area contributed by atoms with Gasteiger partial charge in [-0.05, 0) is 49.7 Å². The predicted octanol–water partition coefficient (Wildman–Crippen LogP) is 4.76. The van der Waals surface area contributed by atoms with Crippen molar-refractivity contribution in [3.05, 3.63) is 11.1 Å². The highest BCUT2D eigenvalue weighted by molar-refractivity contribution is 6.74. The molecule has 0 aromatic heterocycles. The number of allylic oxidation sites excluding steroid dienone is 2. The summed E-state index contributed by atoms with van der Waals surface area (Å²) in [6.07, 6.45) is 8.40. The number of aliphatic hydroxyl groups excluding tert-OH is 1. The van der Waals surface area contributed by atoms with Gasteiger partial charge in [0.1, 0.15) is 12.7 Å². The van der Waals surface area contributed by atoms with Crippen LogP contribution in [-0.2, 0) is 4.43 Å². The topological polar surface area (TPSA) is 29.5 Å². The molecule has 0 spiro atoms. The fraction of sp³-hybridized carbons (Fsp3) is 0.714. The molecule has 0 radical (unpaired) electrons. The summed E-state index contributed by atoms with van der Waals surface area (Å²) in [6.45, 7) is 15.5. The standard InChI is InChI=1S/C21H34O2Si/c1-9-11-18-16(2)13-14-19(18)17(3)20(12-10-15-22)23-24(7,8)21(4,5)6/h1,17,19-20,22H,11,13-15H2,2-8H3. The smallest absolute Gasteiger partial charge is 0.193 e. The Kier molecular flexibility index (Phi) is 7.36. The zero-order valence-corrected chi connectivity index (χ0v) is 17.5. The lowest BCUT2D eigenvalue weighted by atomic mass is 9.83. The highest BCUT2D eigenvalue weighted by Gasteiger charge is 2.41. The van der Waals surface area contributed by atoms with Gasteiger partial charge in [-0.25, -0.2) is 0 Å². The third-order valence-electron chi connectivity index (χ3n) is 5.78. The summed E-state index contributed by atoms with van der Waals surface area (Å²) in [7, 11) is -1.93. The molecule has 0 fully saturated rings. The SMILES string of the molecule is C#CCC1=C(C)CCC1C(C)C(C#CCO)O[Si](C)(C)C(C)(C)C. The molecule has 0 heterocycles. The van der Waals surface area contributed by atoms with Crippen LogP contribution in [0, 0.1) is 36.0 Å². The first kappa shape index (κ1) is 21.0. The Hall–Kier alpha value is -1.00. The molecule has 1 rings (SSSR count). The fourth-order valence-corrected chi connectivity index (χ4v) is 4.38. The van der Waals surface area contributed by atoms with Gasteiger partial charge in [0.05, 0.1) is 0 Å². The van der Waals surface area contributed by atoms with E-state index in [-0.39, 0.29) is 23.7 Å². The zero-order valence-electron chi connectivity index (χ0n) is 16.5. The lowest BCUT2D eigenvalue weighted by molar-refractivity contribution is 0.147. The van der Waals surface area contributed by atoms with Gasteiger partial charge in [-0.15, -0.1) is 12.3 Å². The van der Waals surface area contributed by atoms with E-state index < -0.39 is 8.32 Å². The Morgan fingerprint density at radius 2 is 2.00 bits per heavy atom. The summed E-state index contributed by atoms with van der Waals surface area (Å²) in [5.41, 5.74) is 2.84. The van der Waals surface area contributed by atoms with Crippen molar-refractivity contribution in [1.29, 1.82) is 0 Å². The molecule has 2 nitrogen and oxygen atoms in total. The molecule has 3 unspecified atom stereocenters. The predicted molar refractivity (Wildman–Crippen MR) is 105 cm³/mol. The van der Waals surface area contributed by atoms with Gasteiger partial charge in [0.15, 0.2) is 8.32 Å². The average Bonchev–Trinajstić information content (AvgIpc) is 2.83. The molecular formula is C21H34O2Si. The lowest BCUT2D eigenvalue weighted by Crippen LogP contribution is -2.46. The highest BCUT2D eigenvalue weighted by Crippen LogP contribution is 2.43. The molecule has 1 aliphatic carbocycles. The average molecular weight is 347 g/mol. The van der Waals surface area contributed by atoms with Crippen molar-refractivity contribution >= 4 is 8.32 Å². The molecule has 0 saturated carbocycles. The summed E-state index contributed by atoms with van der Waals surface area (Å²) in [6, 6.07) is 0. The van der Waals surface area contributed by atoms with E-state index in [2.05, 4.69) is 65.5 Å². The number of aliphatic hydroxyl groups is 1. The van der Waals surface area contributed by atoms with E-state index in [0.717, 1.165) is 19.3 Å². The van der Waals surface area contributed by atoms with E-state index in [1.807, 2.05) is 0 Å². The third kappa shape index (κ3) is 5.00. The summed E-state index contributed by atoms with van der Waals surface area (Å²) >= 11 is 0. The third-order valence-corrected chi connectivity index (χ3v) is 10.2. The Bertz CT molecular complexity index is 563. The van der Waals surface area contributed by atoms with Crippen molar-refractivity contribution in [3.63, 3.8) is 0 Å². The maximum Gasteiger partial charge on any atom is 0.193 e. The van der Waals surface area contributed by atoms with Crippen LogP contribution >= 0.6 is 0 Å². The monoisotopic (exact) mass is 346 g/mol. The van der Waals surface area contributed by atoms with Gasteiger partial charge in [0.2, 0.25) is 0 Å². The van der Waals surface area contributed by atoms with Crippen molar-refractivity contribution in [3.8, 4) is 24.2 Å². The van der Waals surface area contributed by atoms with Crippen molar-refractivity contribution in [2.75, 3.05) is 6.61 Å². The molecule has 0 bridgehead atoms. The summed E-state index contributed by atoms with van der Waals surface area (Å²) < 4.78 is 6.62. The molecule has 1 aliphatic rings. The number of terminal acetylenes is 1. The largest absolute Gasteiger partial charge is 0.403 e. The molecule has 0 aromatic rings. The second-order valence-corrected chi connectivity index (χ2v) is 13.2. The van der Waals surface area contributed by atoms with Crippen LogP contribution in [0.3, 0.4) is 0 Å². The van der Waals surface area contributed by atoms with Crippen LogP contribution in [0.1, 0.15) is 53.9 Å². The van der Waals surface area contributed by atoms with Gasteiger partial charge in [-0.2, -0.15) is 0 Å². The van der Waals surface area contributed by atoms with Crippen LogP contribution in [0.25, 0.3) is 0 Å². The Balaban J connectivity index is 3.07. The first-order valence-electron chi connectivity index (χ1n) is 8.94. The molecule has 0 aliphatic heterocycles. The highest BCUT2D eigenvalue weighted by atomic mass is 28.4. The quantitative estimate of drug-likeness (QED) is 0.442. The van der Waals surface area contributed by atoms with Gasteiger partial charge >= 0.3 is 0 Å². The molecule has 3 heteroatoms. The molecular weight excluding hydrogens is 312 g/mol. The minimum atomic E-state index is -1.93. The minimum Gasteiger partial charge on any atom is -0.403 e. The summed E-state index contributed by atoms with van der Waals surface area (Å²) in [4.78, 5) is 0. The molecule has 0 saturated heterocycles. The van der Waals surface area contributed by atoms with Crippen molar-refractivity contribution in [2.45, 2.75) is 78.1 Å². The normalized spacial score (nSPS) is 21.0. The Morgan fingerprint density at radius 1 is 1.38 bits per heavy atom. The van der Waals surface area contributed by atoms with Crippen LogP contribution in [0.2, 0.25) is 18.1 Å². The summed E-state index contributed by atoms with van der Waals surface area (Å²) in [5, 5.41) is 9.28. The van der Waals surface area contributed by atoms with Crippen LogP contribution in [0.15, 0.2) is 11.1 Å². The molecule has 134 valence electrons. The lowest BCUT2D eigenvalue weighted by Gasteiger charge is -2.40. The zero-order chi connectivity index (χ0) is 18.5. The Labute approximate surface area is 150 Å². The van der Waals surface area contributed by atoms with E-state index in [9.17, 15) is 0 Å². The van der Waals surface area contributed by atoms with Crippen molar-refractivity contribution in [2.24, 2.45) is 11.8 Å². The van der Waals surface area contributed by atoms with Gasteiger partial charge in [0, 0.05) is 6.42 Å². The van der Waals surface area contributed by atoms with Crippen LogP contribution in [0.4, 0.5) is 0 Å². The maximum absolute atomic E-state index is 9.15. The molecule has 24 heavy (non-hydrogen) atoms. The summed E-state index contributed by atoms with van der Waals surface area (Å²) in [5.74, 6) is 9.55. The van der Waals surface area contributed by atoms with Gasteiger partial charge in [0.25, 0.3) is 0 Å². The maximum atomic E-state index is 9.15. The molecule has 0 amide bonds. The van der Waals surface area contributed by atoms with Crippen molar-refractivity contribution < 1.29 is 9.53 Å². The van der Waals surface area contributed by atoms with Gasteiger partial charge < -0.3 is 9.53 Å².